The van der Waals surface area contributed by atoms with Crippen LogP contribution in [0.5, 0.6) is 0 Å². The van der Waals surface area contributed by atoms with Gasteiger partial charge < -0.3 is 20.9 Å². The van der Waals surface area contributed by atoms with Crippen LogP contribution in [0.15, 0.2) is 59.7 Å². The average Bonchev–Trinajstić information content (AvgIpc) is 3.20. The Morgan fingerprint density at radius 3 is 2.74 bits per heavy atom. The van der Waals surface area contributed by atoms with Crippen LogP contribution >= 0.6 is 0 Å². The normalized spacial score (nSPS) is 12.5. The van der Waals surface area contributed by atoms with Gasteiger partial charge in [-0.25, -0.2) is 4.99 Å². The number of carbonyl (C=O) groups excluding carboxylic acids is 1. The molecule has 3 aromatic rings. The molecule has 0 aliphatic carbocycles. The highest BCUT2D eigenvalue weighted by atomic mass is 16.1. The molecule has 0 fully saturated rings. The molecule has 0 aliphatic heterocycles. The van der Waals surface area contributed by atoms with E-state index in [1.54, 1.807) is 0 Å². The van der Waals surface area contributed by atoms with Crippen LogP contribution in [0.2, 0.25) is 0 Å². The van der Waals surface area contributed by atoms with E-state index in [1.165, 1.54) is 10.9 Å². The van der Waals surface area contributed by atoms with Gasteiger partial charge in [-0.3, -0.25) is 4.79 Å². The van der Waals surface area contributed by atoms with Gasteiger partial charge in [-0.1, -0.05) is 37.3 Å². The number of aromatic nitrogens is 1. The number of rotatable bonds is 9. The SMILES string of the molecule is CCNC(=NCc1cccc(C(=O)NC(C)CC)c1)NCCc1c[nH]c2ccccc12. The van der Waals surface area contributed by atoms with Gasteiger partial charge in [-0.05, 0) is 56.0 Å². The molecule has 1 aromatic heterocycles. The molecule has 6 nitrogen and oxygen atoms in total. The zero-order chi connectivity index (χ0) is 22.1. The summed E-state index contributed by atoms with van der Waals surface area (Å²) in [6.45, 7) is 8.20. The molecule has 0 aliphatic rings. The summed E-state index contributed by atoms with van der Waals surface area (Å²) in [6.07, 6.45) is 3.89. The van der Waals surface area contributed by atoms with Gasteiger partial charge in [0, 0.05) is 41.8 Å². The van der Waals surface area contributed by atoms with Gasteiger partial charge in [0.2, 0.25) is 0 Å². The molecule has 0 saturated heterocycles. The van der Waals surface area contributed by atoms with Gasteiger partial charge >= 0.3 is 0 Å². The van der Waals surface area contributed by atoms with Crippen molar-refractivity contribution in [1.82, 2.24) is 20.9 Å². The quantitative estimate of drug-likeness (QED) is 0.313. The predicted octanol–water partition coefficient (Wildman–Crippen LogP) is 3.99. The summed E-state index contributed by atoms with van der Waals surface area (Å²) in [4.78, 5) is 20.4. The van der Waals surface area contributed by atoms with E-state index in [2.05, 4.69) is 59.2 Å². The minimum atomic E-state index is -0.0380. The monoisotopic (exact) mass is 419 g/mol. The molecular weight excluding hydrogens is 386 g/mol. The third-order valence-electron chi connectivity index (χ3n) is 5.30. The number of nitrogens with one attached hydrogen (secondary N) is 4. The first kappa shape index (κ1) is 22.4. The zero-order valence-corrected chi connectivity index (χ0v) is 18.7. The molecule has 1 unspecified atom stereocenters. The highest BCUT2D eigenvalue weighted by molar-refractivity contribution is 5.94. The molecule has 1 heterocycles. The lowest BCUT2D eigenvalue weighted by atomic mass is 10.1. The van der Waals surface area contributed by atoms with Crippen LogP contribution in [0, 0.1) is 0 Å². The number of aromatic amines is 1. The highest BCUT2D eigenvalue weighted by Gasteiger charge is 2.09. The fourth-order valence-electron chi connectivity index (χ4n) is 3.39. The average molecular weight is 420 g/mol. The van der Waals surface area contributed by atoms with Gasteiger partial charge in [-0.15, -0.1) is 0 Å². The van der Waals surface area contributed by atoms with Crippen LogP contribution in [0.3, 0.4) is 0 Å². The van der Waals surface area contributed by atoms with Crippen LogP contribution in [0.25, 0.3) is 10.9 Å². The lowest BCUT2D eigenvalue weighted by Crippen LogP contribution is -2.38. The molecule has 164 valence electrons. The second-order valence-electron chi connectivity index (χ2n) is 7.71. The smallest absolute Gasteiger partial charge is 0.251 e. The van der Waals surface area contributed by atoms with E-state index in [9.17, 15) is 4.79 Å². The summed E-state index contributed by atoms with van der Waals surface area (Å²) >= 11 is 0. The lowest BCUT2D eigenvalue weighted by Gasteiger charge is -2.12. The van der Waals surface area contributed by atoms with Crippen molar-refractivity contribution in [3.63, 3.8) is 0 Å². The first-order valence-electron chi connectivity index (χ1n) is 11.1. The van der Waals surface area contributed by atoms with Crippen molar-refractivity contribution in [2.24, 2.45) is 4.99 Å². The molecular formula is C25H33N5O. The number of fused-ring (bicyclic) bond motifs is 1. The molecule has 31 heavy (non-hydrogen) atoms. The topological polar surface area (TPSA) is 81.3 Å². The third kappa shape index (κ3) is 6.35. The lowest BCUT2D eigenvalue weighted by molar-refractivity contribution is 0.0939. The van der Waals surface area contributed by atoms with E-state index >= 15 is 0 Å². The first-order chi connectivity index (χ1) is 15.1. The van der Waals surface area contributed by atoms with E-state index in [0.29, 0.717) is 12.1 Å². The van der Waals surface area contributed by atoms with Gasteiger partial charge in [0.25, 0.3) is 5.91 Å². The molecule has 0 radical (unpaired) electrons. The Hall–Kier alpha value is -3.28. The van der Waals surface area contributed by atoms with Crippen molar-refractivity contribution < 1.29 is 4.79 Å². The second-order valence-corrected chi connectivity index (χ2v) is 7.71. The van der Waals surface area contributed by atoms with Crippen LogP contribution in [-0.2, 0) is 13.0 Å². The Balaban J connectivity index is 1.59. The highest BCUT2D eigenvalue weighted by Crippen LogP contribution is 2.17. The summed E-state index contributed by atoms with van der Waals surface area (Å²) in [6, 6.07) is 16.2. The predicted molar refractivity (Wildman–Crippen MR) is 128 cm³/mol. The number of hydrogen-bond acceptors (Lipinski definition) is 2. The number of carbonyl (C=O) groups is 1. The Morgan fingerprint density at radius 1 is 1.10 bits per heavy atom. The van der Waals surface area contributed by atoms with Crippen molar-refractivity contribution in [2.75, 3.05) is 13.1 Å². The number of guanidine groups is 1. The van der Waals surface area contributed by atoms with Crippen molar-refractivity contribution in [1.29, 1.82) is 0 Å². The number of para-hydroxylation sites is 1. The molecule has 0 spiro atoms. The minimum absolute atomic E-state index is 0.0380. The number of amides is 1. The third-order valence-corrected chi connectivity index (χ3v) is 5.30. The van der Waals surface area contributed by atoms with Crippen molar-refractivity contribution >= 4 is 22.8 Å². The molecule has 3 rings (SSSR count). The molecule has 2 aromatic carbocycles. The molecule has 4 N–H and O–H groups in total. The van der Waals surface area contributed by atoms with Crippen LogP contribution in [-0.4, -0.2) is 36.0 Å². The van der Waals surface area contributed by atoms with E-state index in [0.717, 1.165) is 43.0 Å². The van der Waals surface area contributed by atoms with Gasteiger partial charge in [-0.2, -0.15) is 0 Å². The number of H-pyrrole nitrogens is 1. The maximum Gasteiger partial charge on any atom is 0.251 e. The van der Waals surface area contributed by atoms with Crippen molar-refractivity contribution in [2.45, 2.75) is 46.2 Å². The second kappa shape index (κ2) is 11.2. The summed E-state index contributed by atoms with van der Waals surface area (Å²) < 4.78 is 0. The van der Waals surface area contributed by atoms with E-state index in [1.807, 2.05) is 37.3 Å². The molecule has 1 atom stereocenters. The van der Waals surface area contributed by atoms with E-state index in [-0.39, 0.29) is 11.9 Å². The zero-order valence-electron chi connectivity index (χ0n) is 18.7. The largest absolute Gasteiger partial charge is 0.361 e. The van der Waals surface area contributed by atoms with Gasteiger partial charge in [0.05, 0.1) is 6.54 Å². The van der Waals surface area contributed by atoms with Crippen LogP contribution in [0.4, 0.5) is 0 Å². The summed E-state index contributed by atoms with van der Waals surface area (Å²) in [5, 5.41) is 11.0. The number of aliphatic imine (C=N–C) groups is 1. The van der Waals surface area contributed by atoms with Crippen LogP contribution < -0.4 is 16.0 Å². The maximum atomic E-state index is 12.4. The van der Waals surface area contributed by atoms with Crippen molar-refractivity contribution in [3.05, 3.63) is 71.4 Å². The minimum Gasteiger partial charge on any atom is -0.361 e. The number of hydrogen-bond donors (Lipinski definition) is 4. The molecule has 1 amide bonds. The van der Waals surface area contributed by atoms with E-state index in [4.69, 9.17) is 4.99 Å². The van der Waals surface area contributed by atoms with Gasteiger partial charge in [0.15, 0.2) is 5.96 Å². The molecule has 0 bridgehead atoms. The first-order valence-corrected chi connectivity index (χ1v) is 11.1. The fraction of sp³-hybridized carbons (Fsp3) is 0.360. The standard InChI is InChI=1S/C25H33N5O/c1-4-18(3)30-24(31)20-10-8-9-19(15-20)16-29-25(26-5-2)27-14-13-21-17-28-23-12-7-6-11-22(21)23/h6-12,15,17-18,28H,4-5,13-14,16H2,1-3H3,(H,30,31)(H2,26,27,29). The number of nitrogens with zero attached hydrogens (tertiary/aromatic N) is 1. The Kier molecular flexibility index (Phi) is 8.10. The Bertz CT molecular complexity index is 1020. The summed E-state index contributed by atoms with van der Waals surface area (Å²) in [5.74, 6) is 0.737. The van der Waals surface area contributed by atoms with Gasteiger partial charge in [0.1, 0.15) is 0 Å². The fourth-order valence-corrected chi connectivity index (χ4v) is 3.39. The summed E-state index contributed by atoms with van der Waals surface area (Å²) in [7, 11) is 0. The number of benzene rings is 2. The Morgan fingerprint density at radius 2 is 1.94 bits per heavy atom. The summed E-state index contributed by atoms with van der Waals surface area (Å²) in [5.41, 5.74) is 4.13. The maximum absolute atomic E-state index is 12.4. The molecule has 6 heteroatoms. The van der Waals surface area contributed by atoms with Crippen molar-refractivity contribution in [3.8, 4) is 0 Å². The Labute approximate surface area is 184 Å². The van der Waals surface area contributed by atoms with E-state index < -0.39 is 0 Å². The molecule has 0 saturated carbocycles. The van der Waals surface area contributed by atoms with Crippen LogP contribution in [0.1, 0.15) is 48.7 Å².